The van der Waals surface area contributed by atoms with Crippen molar-refractivity contribution in [3.63, 3.8) is 0 Å². The topological polar surface area (TPSA) is 87.7 Å². The lowest BCUT2D eigenvalue weighted by Crippen LogP contribution is -2.45. The molecule has 2 rings (SSSR count). The van der Waals surface area contributed by atoms with E-state index in [4.69, 9.17) is 0 Å². The molecule has 0 bridgehead atoms. The zero-order valence-corrected chi connectivity index (χ0v) is 14.2. The molecule has 7 heteroatoms. The van der Waals surface area contributed by atoms with Crippen LogP contribution in [-0.4, -0.2) is 31.1 Å². The molecule has 7 nitrogen and oxygen atoms in total. The van der Waals surface area contributed by atoms with Gasteiger partial charge in [0, 0.05) is 18.7 Å². The van der Waals surface area contributed by atoms with Gasteiger partial charge in [-0.25, -0.2) is 10.2 Å². The van der Waals surface area contributed by atoms with Crippen molar-refractivity contribution < 1.29 is 19.1 Å². The number of amides is 3. The van der Waals surface area contributed by atoms with Crippen LogP contribution in [0.3, 0.4) is 0 Å². The quantitative estimate of drug-likeness (QED) is 0.824. The van der Waals surface area contributed by atoms with Crippen molar-refractivity contribution >= 4 is 23.6 Å². The molecular weight excluding hydrogens is 310 g/mol. The normalized spacial score (nSPS) is 17.1. The Hall–Kier alpha value is -2.57. The number of benzene rings is 1. The average molecular weight is 333 g/mol. The summed E-state index contributed by atoms with van der Waals surface area (Å²) in [6, 6.07) is 7.76. The molecule has 2 N–H and O–H groups in total. The Balaban J connectivity index is 1.99. The monoisotopic (exact) mass is 333 g/mol. The minimum absolute atomic E-state index is 0.104. The van der Waals surface area contributed by atoms with Crippen LogP contribution in [0.25, 0.3) is 0 Å². The molecule has 130 valence electrons. The van der Waals surface area contributed by atoms with Crippen LogP contribution in [0, 0.1) is 5.92 Å². The van der Waals surface area contributed by atoms with Crippen LogP contribution in [0.5, 0.6) is 0 Å². The van der Waals surface area contributed by atoms with Gasteiger partial charge in [-0.1, -0.05) is 26.0 Å². The lowest BCUT2D eigenvalue weighted by atomic mass is 10.0. The fourth-order valence-corrected chi connectivity index (χ4v) is 2.57. The van der Waals surface area contributed by atoms with E-state index in [-0.39, 0.29) is 25.5 Å². The summed E-state index contributed by atoms with van der Waals surface area (Å²) in [7, 11) is 0. The van der Waals surface area contributed by atoms with Crippen molar-refractivity contribution in [2.45, 2.75) is 33.1 Å². The molecule has 1 heterocycles. The Morgan fingerprint density at radius 2 is 2.08 bits per heavy atom. The highest BCUT2D eigenvalue weighted by Gasteiger charge is 2.35. The number of anilines is 1. The van der Waals surface area contributed by atoms with Gasteiger partial charge in [-0.3, -0.25) is 15.0 Å². The molecule has 1 unspecified atom stereocenters. The van der Waals surface area contributed by atoms with Crippen LogP contribution < -0.4 is 15.8 Å². The van der Waals surface area contributed by atoms with Gasteiger partial charge >= 0.3 is 6.09 Å². The van der Waals surface area contributed by atoms with Crippen LogP contribution >= 0.6 is 0 Å². The molecule has 3 amide bonds. The molecule has 1 aliphatic rings. The molecule has 1 atom stereocenters. The predicted octanol–water partition coefficient (Wildman–Crippen LogP) is 1.94. The van der Waals surface area contributed by atoms with E-state index in [1.165, 1.54) is 0 Å². The highest BCUT2D eigenvalue weighted by molar-refractivity contribution is 6.00. The van der Waals surface area contributed by atoms with E-state index in [1.807, 2.05) is 24.3 Å². The van der Waals surface area contributed by atoms with E-state index in [0.29, 0.717) is 5.92 Å². The van der Waals surface area contributed by atoms with Crippen LogP contribution in [0.2, 0.25) is 0 Å². The smallest absolute Gasteiger partial charge is 0.426 e. The molecule has 1 aromatic rings. The maximum absolute atomic E-state index is 12.2. The molecule has 0 radical (unpaired) electrons. The van der Waals surface area contributed by atoms with Gasteiger partial charge in [0.15, 0.2) is 0 Å². The van der Waals surface area contributed by atoms with E-state index in [2.05, 4.69) is 29.4 Å². The molecule has 0 aromatic heterocycles. The van der Waals surface area contributed by atoms with Gasteiger partial charge in [-0.15, -0.1) is 0 Å². The maximum Gasteiger partial charge on any atom is 0.426 e. The van der Waals surface area contributed by atoms with Crippen molar-refractivity contribution in [1.29, 1.82) is 0 Å². The van der Waals surface area contributed by atoms with Crippen LogP contribution in [0.1, 0.15) is 38.7 Å². The highest BCUT2D eigenvalue weighted by Crippen LogP contribution is 2.27. The van der Waals surface area contributed by atoms with Crippen molar-refractivity contribution in [3.8, 4) is 0 Å². The third-order valence-electron chi connectivity index (χ3n) is 3.91. The van der Waals surface area contributed by atoms with Crippen LogP contribution in [-0.2, 0) is 14.3 Å². The van der Waals surface area contributed by atoms with Crippen LogP contribution in [0.15, 0.2) is 24.3 Å². The van der Waals surface area contributed by atoms with Crippen molar-refractivity contribution in [3.05, 3.63) is 29.8 Å². The zero-order valence-electron chi connectivity index (χ0n) is 14.2. The molecule has 1 saturated heterocycles. The summed E-state index contributed by atoms with van der Waals surface area (Å²) in [5, 5.41) is 0. The van der Waals surface area contributed by atoms with E-state index in [1.54, 1.807) is 11.8 Å². The lowest BCUT2D eigenvalue weighted by molar-refractivity contribution is -0.127. The van der Waals surface area contributed by atoms with Crippen LogP contribution in [0.4, 0.5) is 10.5 Å². The van der Waals surface area contributed by atoms with E-state index < -0.39 is 17.9 Å². The third kappa shape index (κ3) is 4.24. The minimum atomic E-state index is -0.725. The second kappa shape index (κ2) is 7.81. The van der Waals surface area contributed by atoms with Gasteiger partial charge in [-0.05, 0) is 30.5 Å². The second-order valence-corrected chi connectivity index (χ2v) is 5.99. The highest BCUT2D eigenvalue weighted by atomic mass is 16.5. The number of carbonyl (C=O) groups excluding carboxylic acids is 3. The molecule has 0 spiro atoms. The summed E-state index contributed by atoms with van der Waals surface area (Å²) in [6.45, 7) is 6.34. The predicted molar refractivity (Wildman–Crippen MR) is 89.3 cm³/mol. The Kier molecular flexibility index (Phi) is 5.78. The van der Waals surface area contributed by atoms with Gasteiger partial charge < -0.3 is 9.64 Å². The van der Waals surface area contributed by atoms with Gasteiger partial charge in [0.05, 0.1) is 12.5 Å². The first-order chi connectivity index (χ1) is 11.4. The van der Waals surface area contributed by atoms with E-state index >= 15 is 0 Å². The molecule has 24 heavy (non-hydrogen) atoms. The molecule has 1 fully saturated rings. The largest absolute Gasteiger partial charge is 0.449 e. The average Bonchev–Trinajstić information content (AvgIpc) is 2.95. The Labute approximate surface area is 141 Å². The van der Waals surface area contributed by atoms with Gasteiger partial charge in [0.25, 0.3) is 0 Å². The Bertz CT molecular complexity index is 630. The first-order valence-corrected chi connectivity index (χ1v) is 8.05. The van der Waals surface area contributed by atoms with E-state index in [0.717, 1.165) is 11.3 Å². The number of hydrogen-bond acceptors (Lipinski definition) is 4. The first-order valence-electron chi connectivity index (χ1n) is 8.05. The fraction of sp³-hybridized carbons (Fsp3) is 0.471. The Morgan fingerprint density at radius 3 is 2.75 bits per heavy atom. The number of hydrazine groups is 1. The van der Waals surface area contributed by atoms with E-state index in [9.17, 15) is 14.4 Å². The summed E-state index contributed by atoms with van der Waals surface area (Å²) >= 11 is 0. The molecule has 0 saturated carbocycles. The number of hydrogen-bond donors (Lipinski definition) is 2. The summed E-state index contributed by atoms with van der Waals surface area (Å²) in [4.78, 5) is 37.1. The number of nitrogens with one attached hydrogen (secondary N) is 2. The van der Waals surface area contributed by atoms with Gasteiger partial charge in [0.1, 0.15) is 0 Å². The summed E-state index contributed by atoms with van der Waals surface area (Å²) in [5.74, 6) is -0.663. The minimum Gasteiger partial charge on any atom is -0.449 e. The SMILES string of the molecule is CCOC(=O)NNC(=O)C1CC(=O)N(c2cccc(C(C)C)c2)C1. The summed E-state index contributed by atoms with van der Waals surface area (Å²) in [5.41, 5.74) is 6.38. The summed E-state index contributed by atoms with van der Waals surface area (Å²) in [6.07, 6.45) is -0.612. The molecule has 1 aliphatic heterocycles. The summed E-state index contributed by atoms with van der Waals surface area (Å²) < 4.78 is 4.66. The first kappa shape index (κ1) is 17.8. The zero-order chi connectivity index (χ0) is 17.7. The molecule has 1 aromatic carbocycles. The van der Waals surface area contributed by atoms with Crippen molar-refractivity contribution in [1.82, 2.24) is 10.9 Å². The third-order valence-corrected chi connectivity index (χ3v) is 3.91. The Morgan fingerprint density at radius 1 is 1.33 bits per heavy atom. The lowest BCUT2D eigenvalue weighted by Gasteiger charge is -2.18. The maximum atomic E-state index is 12.2. The number of carbonyl (C=O) groups is 3. The molecular formula is C17H23N3O4. The van der Waals surface area contributed by atoms with Crippen molar-refractivity contribution in [2.24, 2.45) is 5.92 Å². The van der Waals surface area contributed by atoms with Gasteiger partial charge in [0.2, 0.25) is 11.8 Å². The number of rotatable bonds is 4. The number of ether oxygens (including phenoxy) is 1. The second-order valence-electron chi connectivity index (χ2n) is 5.99. The molecule has 0 aliphatic carbocycles. The van der Waals surface area contributed by atoms with Gasteiger partial charge in [-0.2, -0.15) is 0 Å². The fourth-order valence-electron chi connectivity index (χ4n) is 2.57. The van der Waals surface area contributed by atoms with Crippen molar-refractivity contribution in [2.75, 3.05) is 18.1 Å². The number of nitrogens with zero attached hydrogens (tertiary/aromatic N) is 1. The standard InChI is InChI=1S/C17H23N3O4/c1-4-24-17(23)19-18-16(22)13-9-15(21)20(10-13)14-7-5-6-12(8-14)11(2)3/h5-8,11,13H,4,9-10H2,1-3H3,(H,18,22)(H,19,23).